The highest BCUT2D eigenvalue weighted by Crippen LogP contribution is 2.28. The first-order valence-corrected chi connectivity index (χ1v) is 9.24. The number of carbonyl (C=O) groups is 1. The van der Waals surface area contributed by atoms with Crippen LogP contribution in [0.5, 0.6) is 0 Å². The number of anilines is 2. The maximum Gasteiger partial charge on any atom is 0.269 e. The minimum atomic E-state index is -0.275. The Morgan fingerprint density at radius 1 is 0.889 bits per heavy atom. The van der Waals surface area contributed by atoms with Crippen molar-refractivity contribution in [3.8, 4) is 0 Å². The number of rotatable bonds is 3. The van der Waals surface area contributed by atoms with Crippen molar-refractivity contribution < 1.29 is 4.79 Å². The molecule has 134 valence electrons. The Labute approximate surface area is 162 Å². The molecule has 0 atom stereocenters. The van der Waals surface area contributed by atoms with Crippen molar-refractivity contribution in [1.82, 2.24) is 4.98 Å². The molecule has 0 saturated heterocycles. The standard InChI is InChI=1S/C22H19N3OS/c23-20-19(27-22(25-20)17-13-9-5-4-6-10-14-17)21(26)24-18-15-11-7-2-1-3-8-12-16-18/h1-16H,23H2,(H,24,26)/b2-1?,3-1?,5-4-,6-4?,7-2?,8-3?,9-5?,10-6-,11-7?,12-8?,13-9-,14-10?,15-11?,16-12?,17-13?,17-14+,18-15?,18-16?. The first kappa shape index (κ1) is 18.4. The molecule has 4 nitrogen and oxygen atoms in total. The predicted octanol–water partition coefficient (Wildman–Crippen LogP) is 5.17. The fourth-order valence-corrected chi connectivity index (χ4v) is 3.18. The second kappa shape index (κ2) is 9.31. The minimum absolute atomic E-state index is 0.228. The van der Waals surface area contributed by atoms with E-state index in [-0.39, 0.29) is 11.7 Å². The van der Waals surface area contributed by atoms with Crippen molar-refractivity contribution in [3.63, 3.8) is 0 Å². The summed E-state index contributed by atoms with van der Waals surface area (Å²) >= 11 is 1.28. The zero-order valence-electron chi connectivity index (χ0n) is 14.6. The van der Waals surface area contributed by atoms with Gasteiger partial charge in [0.25, 0.3) is 5.91 Å². The summed E-state index contributed by atoms with van der Waals surface area (Å²) in [7, 11) is 0. The van der Waals surface area contributed by atoms with E-state index in [4.69, 9.17) is 5.73 Å². The van der Waals surface area contributed by atoms with Gasteiger partial charge < -0.3 is 11.1 Å². The van der Waals surface area contributed by atoms with Crippen LogP contribution in [0, 0.1) is 0 Å². The zero-order valence-corrected chi connectivity index (χ0v) is 15.4. The van der Waals surface area contributed by atoms with Crippen LogP contribution in [0.4, 0.5) is 11.5 Å². The molecule has 0 saturated carbocycles. The van der Waals surface area contributed by atoms with E-state index in [1.807, 2.05) is 97.1 Å². The van der Waals surface area contributed by atoms with Gasteiger partial charge in [-0.15, -0.1) is 11.3 Å². The maximum atomic E-state index is 12.7. The van der Waals surface area contributed by atoms with Crippen molar-refractivity contribution in [2.45, 2.75) is 0 Å². The Morgan fingerprint density at radius 2 is 1.52 bits per heavy atom. The second-order valence-electron chi connectivity index (χ2n) is 5.57. The molecule has 1 aromatic carbocycles. The molecule has 0 aliphatic heterocycles. The summed E-state index contributed by atoms with van der Waals surface area (Å²) in [5.41, 5.74) is 7.59. The van der Waals surface area contributed by atoms with Gasteiger partial charge in [-0.05, 0) is 12.1 Å². The number of amides is 1. The van der Waals surface area contributed by atoms with Crippen LogP contribution in [0.2, 0.25) is 0 Å². The van der Waals surface area contributed by atoms with Gasteiger partial charge in [0.05, 0.1) is 0 Å². The molecular weight excluding hydrogens is 354 g/mol. The van der Waals surface area contributed by atoms with E-state index in [0.717, 1.165) is 5.57 Å². The van der Waals surface area contributed by atoms with Gasteiger partial charge in [-0.25, -0.2) is 4.98 Å². The molecule has 2 aromatic rings. The number of nitrogens with zero attached hydrogens (tertiary/aromatic N) is 1. The van der Waals surface area contributed by atoms with E-state index in [1.165, 1.54) is 11.3 Å². The molecule has 1 aromatic heterocycles. The molecule has 5 heteroatoms. The van der Waals surface area contributed by atoms with Crippen molar-refractivity contribution in [2.75, 3.05) is 11.1 Å². The van der Waals surface area contributed by atoms with Crippen molar-refractivity contribution >= 4 is 34.3 Å². The summed E-state index contributed by atoms with van der Waals surface area (Å²) in [6.45, 7) is 0. The number of nitrogens with one attached hydrogen (secondary N) is 1. The number of hydrogen-bond acceptors (Lipinski definition) is 4. The average Bonchev–Trinajstić information content (AvgIpc) is 3.02. The first-order valence-electron chi connectivity index (χ1n) is 8.42. The predicted molar refractivity (Wildman–Crippen MR) is 114 cm³/mol. The van der Waals surface area contributed by atoms with Crippen LogP contribution in [-0.2, 0) is 0 Å². The minimum Gasteiger partial charge on any atom is -0.382 e. The molecule has 1 heterocycles. The van der Waals surface area contributed by atoms with Gasteiger partial charge in [0.2, 0.25) is 0 Å². The lowest BCUT2D eigenvalue weighted by molar-refractivity contribution is 0.103. The highest BCUT2D eigenvalue weighted by atomic mass is 32.1. The Bertz CT molecular complexity index is 973. The molecule has 1 amide bonds. The van der Waals surface area contributed by atoms with Crippen molar-refractivity contribution in [3.05, 3.63) is 107 Å². The molecule has 0 bridgehead atoms. The Kier molecular flexibility index (Phi) is 6.33. The average molecular weight is 373 g/mol. The van der Waals surface area contributed by atoms with E-state index in [0.29, 0.717) is 15.6 Å². The van der Waals surface area contributed by atoms with Crippen LogP contribution in [0.1, 0.15) is 14.7 Å². The zero-order chi connectivity index (χ0) is 18.9. The van der Waals surface area contributed by atoms with E-state index < -0.39 is 0 Å². The smallest absolute Gasteiger partial charge is 0.269 e. The molecule has 0 fully saturated rings. The Balaban J connectivity index is 1.85. The molecule has 0 radical (unpaired) electrons. The summed E-state index contributed by atoms with van der Waals surface area (Å²) in [4.78, 5) is 17.5. The summed E-state index contributed by atoms with van der Waals surface area (Å²) in [6.07, 6.45) is 13.5. The largest absolute Gasteiger partial charge is 0.382 e. The Morgan fingerprint density at radius 3 is 2.26 bits per heavy atom. The topological polar surface area (TPSA) is 68.0 Å². The van der Waals surface area contributed by atoms with Gasteiger partial charge in [0.1, 0.15) is 15.7 Å². The fraction of sp³-hybridized carbons (Fsp3) is 0. The molecule has 0 spiro atoms. The summed E-state index contributed by atoms with van der Waals surface area (Å²) in [5, 5.41) is 3.59. The summed E-state index contributed by atoms with van der Waals surface area (Å²) < 4.78 is 0. The second-order valence-corrected chi connectivity index (χ2v) is 6.57. The van der Waals surface area contributed by atoms with E-state index in [1.54, 1.807) is 0 Å². The van der Waals surface area contributed by atoms with Crippen LogP contribution in [0.3, 0.4) is 0 Å². The monoisotopic (exact) mass is 373 g/mol. The van der Waals surface area contributed by atoms with E-state index in [9.17, 15) is 4.79 Å². The van der Waals surface area contributed by atoms with Gasteiger partial charge in [0.15, 0.2) is 0 Å². The lowest BCUT2D eigenvalue weighted by atomic mass is 10.2. The molecule has 1 aliphatic rings. The van der Waals surface area contributed by atoms with E-state index >= 15 is 0 Å². The highest BCUT2D eigenvalue weighted by Gasteiger charge is 2.17. The lowest BCUT2D eigenvalue weighted by Gasteiger charge is -2.02. The third-order valence-corrected chi connectivity index (χ3v) is 4.70. The van der Waals surface area contributed by atoms with Crippen LogP contribution in [0.25, 0.3) is 5.57 Å². The molecule has 1 aliphatic carbocycles. The number of allylic oxidation sites excluding steroid dienone is 8. The third kappa shape index (κ3) is 5.26. The van der Waals surface area contributed by atoms with E-state index in [2.05, 4.69) is 10.3 Å². The number of thiazole rings is 1. The van der Waals surface area contributed by atoms with Crippen LogP contribution >= 0.6 is 11.3 Å². The molecule has 0 unspecified atom stereocenters. The van der Waals surface area contributed by atoms with Gasteiger partial charge in [0, 0.05) is 11.3 Å². The molecule has 27 heavy (non-hydrogen) atoms. The number of hydrogen-bond donors (Lipinski definition) is 2. The van der Waals surface area contributed by atoms with Gasteiger partial charge in [-0.3, -0.25) is 4.79 Å². The number of nitrogen functional groups attached to an aromatic ring is 1. The SMILES string of the molecule is Nc1nc(C2=C/C=C\C=C/C=C\2)sc1C(=O)Nc1ccccccccc1. The normalized spacial score (nSPS) is 18.0. The number of carbonyl (C=O) groups excluding carboxylic acids is 1. The molecule has 3 N–H and O–H groups in total. The van der Waals surface area contributed by atoms with Crippen LogP contribution in [0.15, 0.2) is 97.1 Å². The summed E-state index contributed by atoms with van der Waals surface area (Å²) in [6, 6.07) is 16.9. The quantitative estimate of drug-likeness (QED) is 0.780. The van der Waals surface area contributed by atoms with Gasteiger partial charge in [-0.1, -0.05) is 85.0 Å². The van der Waals surface area contributed by atoms with Crippen molar-refractivity contribution in [2.24, 2.45) is 0 Å². The van der Waals surface area contributed by atoms with Crippen LogP contribution in [-0.4, -0.2) is 10.9 Å². The third-order valence-electron chi connectivity index (χ3n) is 3.58. The van der Waals surface area contributed by atoms with Crippen molar-refractivity contribution in [1.29, 1.82) is 0 Å². The maximum absolute atomic E-state index is 12.7. The fourth-order valence-electron chi connectivity index (χ4n) is 2.29. The Hall–Kier alpha value is -3.44. The first-order chi connectivity index (χ1) is 13.2. The highest BCUT2D eigenvalue weighted by molar-refractivity contribution is 7.15. The number of aromatic nitrogens is 1. The summed E-state index contributed by atoms with van der Waals surface area (Å²) in [5.74, 6) is -0.0470. The van der Waals surface area contributed by atoms with Gasteiger partial charge >= 0.3 is 0 Å². The number of nitrogens with two attached hydrogens (primary N) is 1. The molecular formula is C22H19N3OS. The lowest BCUT2D eigenvalue weighted by Crippen LogP contribution is -2.11. The van der Waals surface area contributed by atoms with Gasteiger partial charge in [-0.2, -0.15) is 0 Å². The molecule has 3 rings (SSSR count). The van der Waals surface area contributed by atoms with Crippen LogP contribution < -0.4 is 11.1 Å².